The third-order valence-electron chi connectivity index (χ3n) is 5.30. The van der Waals surface area contributed by atoms with Crippen LogP contribution in [0.5, 0.6) is 23.0 Å². The number of carbonyl (C=O) groups is 2. The Morgan fingerprint density at radius 3 is 2.49 bits per heavy atom. The van der Waals surface area contributed by atoms with E-state index in [-0.39, 0.29) is 18.6 Å². The molecule has 0 aliphatic carbocycles. The summed E-state index contributed by atoms with van der Waals surface area (Å²) in [5, 5.41) is 0.0263. The lowest BCUT2D eigenvalue weighted by Gasteiger charge is -2.14. The number of hydrogen-bond acceptors (Lipinski definition) is 7. The zero-order chi connectivity index (χ0) is 24.2. The van der Waals surface area contributed by atoms with E-state index in [1.807, 2.05) is 54.6 Å². The Morgan fingerprint density at radius 2 is 1.66 bits per heavy atom. The van der Waals surface area contributed by atoms with E-state index in [0.717, 1.165) is 22.4 Å². The Kier molecular flexibility index (Phi) is 6.83. The van der Waals surface area contributed by atoms with Crippen molar-refractivity contribution in [2.24, 2.45) is 0 Å². The van der Waals surface area contributed by atoms with Gasteiger partial charge in [-0.05, 0) is 47.7 Å². The minimum Gasteiger partial charge on any atom is -0.490 e. The highest BCUT2D eigenvalue weighted by atomic mass is 35.5. The highest BCUT2D eigenvalue weighted by Gasteiger charge is 2.36. The van der Waals surface area contributed by atoms with E-state index < -0.39 is 5.91 Å². The van der Waals surface area contributed by atoms with Gasteiger partial charge in [-0.15, -0.1) is 0 Å². The van der Waals surface area contributed by atoms with Gasteiger partial charge >= 0.3 is 0 Å². The summed E-state index contributed by atoms with van der Waals surface area (Å²) < 4.78 is 22.2. The third-order valence-corrected chi connectivity index (χ3v) is 6.56. The summed E-state index contributed by atoms with van der Waals surface area (Å²) in [6.45, 7) is 0.834. The number of rotatable bonds is 8. The van der Waals surface area contributed by atoms with Crippen molar-refractivity contribution in [2.45, 2.75) is 6.54 Å². The summed E-state index contributed by atoms with van der Waals surface area (Å²) in [6, 6.07) is 20.1. The summed E-state index contributed by atoms with van der Waals surface area (Å²) >= 11 is 7.22. The van der Waals surface area contributed by atoms with Crippen LogP contribution in [0.25, 0.3) is 6.08 Å². The van der Waals surface area contributed by atoms with Crippen LogP contribution in [0.1, 0.15) is 11.1 Å². The maximum atomic E-state index is 13.1. The fourth-order valence-corrected chi connectivity index (χ4v) is 4.63. The summed E-state index contributed by atoms with van der Waals surface area (Å²) in [6.07, 6.45) is 1.67. The molecule has 9 heteroatoms. The van der Waals surface area contributed by atoms with E-state index in [0.29, 0.717) is 51.5 Å². The van der Waals surface area contributed by atoms with Gasteiger partial charge in [0.25, 0.3) is 11.1 Å². The monoisotopic (exact) mass is 509 g/mol. The molecule has 2 aliphatic rings. The van der Waals surface area contributed by atoms with Crippen molar-refractivity contribution in [3.8, 4) is 23.0 Å². The van der Waals surface area contributed by atoms with Crippen molar-refractivity contribution in [2.75, 3.05) is 20.0 Å². The molecule has 5 rings (SSSR count). The predicted molar refractivity (Wildman–Crippen MR) is 133 cm³/mol. The maximum absolute atomic E-state index is 13.1. The predicted octanol–water partition coefficient (Wildman–Crippen LogP) is 5.76. The van der Waals surface area contributed by atoms with Crippen LogP contribution in [0.3, 0.4) is 0 Å². The lowest BCUT2D eigenvalue weighted by molar-refractivity contribution is -0.123. The molecule has 0 saturated carbocycles. The van der Waals surface area contributed by atoms with Gasteiger partial charge < -0.3 is 18.9 Å². The van der Waals surface area contributed by atoms with Crippen LogP contribution in [-0.4, -0.2) is 36.1 Å². The number of fused-ring (bicyclic) bond motifs is 1. The molecule has 0 unspecified atom stereocenters. The molecule has 0 spiro atoms. The van der Waals surface area contributed by atoms with Gasteiger partial charge in [0.05, 0.1) is 11.4 Å². The Labute approximate surface area is 211 Å². The fraction of sp³-hybridized carbons (Fsp3) is 0.154. The number of hydrogen-bond donors (Lipinski definition) is 0. The zero-order valence-corrected chi connectivity index (χ0v) is 20.0. The second-order valence-corrected chi connectivity index (χ2v) is 9.01. The smallest absolute Gasteiger partial charge is 0.293 e. The normalized spacial score (nSPS) is 15.7. The molecule has 0 aromatic heterocycles. The highest BCUT2D eigenvalue weighted by molar-refractivity contribution is 8.18. The molecule has 178 valence electrons. The minimum absolute atomic E-state index is 0.0342. The molecule has 0 atom stereocenters. The molecule has 1 saturated heterocycles. The number of ether oxygens (including phenoxy) is 4. The van der Waals surface area contributed by atoms with E-state index in [4.69, 9.17) is 30.5 Å². The molecular weight excluding hydrogens is 490 g/mol. The van der Waals surface area contributed by atoms with Crippen molar-refractivity contribution in [1.29, 1.82) is 0 Å². The quantitative estimate of drug-likeness (QED) is 0.282. The van der Waals surface area contributed by atoms with Crippen LogP contribution in [0.15, 0.2) is 71.6 Å². The van der Waals surface area contributed by atoms with Crippen molar-refractivity contribution in [3.63, 3.8) is 0 Å². The van der Waals surface area contributed by atoms with E-state index >= 15 is 0 Å². The van der Waals surface area contributed by atoms with Crippen LogP contribution in [0.4, 0.5) is 4.79 Å². The largest absolute Gasteiger partial charge is 0.490 e. The van der Waals surface area contributed by atoms with Gasteiger partial charge in [-0.2, -0.15) is 0 Å². The first-order chi connectivity index (χ1) is 17.1. The van der Waals surface area contributed by atoms with Gasteiger partial charge in [-0.25, -0.2) is 0 Å². The van der Waals surface area contributed by atoms with Gasteiger partial charge in [-0.1, -0.05) is 48.0 Å². The third kappa shape index (κ3) is 5.23. The van der Waals surface area contributed by atoms with Crippen LogP contribution < -0.4 is 18.9 Å². The van der Waals surface area contributed by atoms with E-state index in [9.17, 15) is 9.59 Å². The molecule has 2 aliphatic heterocycles. The summed E-state index contributed by atoms with van der Waals surface area (Å²) in [7, 11) is 0. The Hall–Kier alpha value is -3.62. The molecule has 35 heavy (non-hydrogen) atoms. The lowest BCUT2D eigenvalue weighted by Crippen LogP contribution is -2.27. The van der Waals surface area contributed by atoms with Crippen molar-refractivity contribution < 1.29 is 28.5 Å². The minimum atomic E-state index is -0.393. The number of thioether (sulfide) groups is 1. The molecule has 2 amide bonds. The van der Waals surface area contributed by atoms with Gasteiger partial charge in [-0.3, -0.25) is 14.5 Å². The Morgan fingerprint density at radius 1 is 0.943 bits per heavy atom. The van der Waals surface area contributed by atoms with Crippen LogP contribution in [0.2, 0.25) is 5.02 Å². The fourth-order valence-electron chi connectivity index (χ4n) is 3.59. The van der Waals surface area contributed by atoms with Crippen LogP contribution in [0, 0.1) is 0 Å². The van der Waals surface area contributed by atoms with Crippen LogP contribution >= 0.6 is 23.4 Å². The van der Waals surface area contributed by atoms with Crippen molar-refractivity contribution in [1.82, 2.24) is 4.90 Å². The molecule has 1 fully saturated rings. The zero-order valence-electron chi connectivity index (χ0n) is 18.4. The number of nitrogens with zero attached hydrogens (tertiary/aromatic N) is 1. The number of benzene rings is 3. The van der Waals surface area contributed by atoms with E-state index in [1.165, 1.54) is 0 Å². The second kappa shape index (κ2) is 10.3. The topological polar surface area (TPSA) is 74.3 Å². The van der Waals surface area contributed by atoms with Gasteiger partial charge in [0.2, 0.25) is 6.79 Å². The van der Waals surface area contributed by atoms with Gasteiger partial charge in [0.1, 0.15) is 24.7 Å². The Balaban J connectivity index is 1.26. The molecule has 0 bridgehead atoms. The number of imide groups is 1. The first-order valence-corrected chi connectivity index (χ1v) is 12.0. The molecule has 3 aromatic rings. The molecule has 0 radical (unpaired) electrons. The van der Waals surface area contributed by atoms with Crippen molar-refractivity contribution in [3.05, 3.63) is 87.8 Å². The number of amides is 2. The SMILES string of the molecule is O=C1S/C(=C\c2ccccc2OCCOc2ccccc2)C(=O)N1Cc1cc2c(cc1Cl)OCO2. The first-order valence-electron chi connectivity index (χ1n) is 10.8. The van der Waals surface area contributed by atoms with Crippen molar-refractivity contribution >= 4 is 40.6 Å². The van der Waals surface area contributed by atoms with E-state index in [1.54, 1.807) is 18.2 Å². The summed E-state index contributed by atoms with van der Waals surface area (Å²) in [4.78, 5) is 27.2. The van der Waals surface area contributed by atoms with Crippen LogP contribution in [-0.2, 0) is 11.3 Å². The van der Waals surface area contributed by atoms with Gasteiger partial charge in [0.15, 0.2) is 11.5 Å². The standard InChI is InChI=1S/C26H20ClNO6S/c27-20-14-23-22(33-16-34-23)12-18(20)15-28-25(29)24(35-26(28)30)13-17-6-4-5-9-21(17)32-11-10-31-19-7-2-1-3-8-19/h1-9,12-14H,10-11,15-16H2/b24-13-. The first kappa shape index (κ1) is 23.1. The summed E-state index contributed by atoms with van der Waals surface area (Å²) in [5.41, 5.74) is 1.29. The molecule has 2 heterocycles. The highest BCUT2D eigenvalue weighted by Crippen LogP contribution is 2.39. The van der Waals surface area contributed by atoms with Gasteiger partial charge in [0, 0.05) is 16.7 Å². The number of para-hydroxylation sites is 2. The second-order valence-electron chi connectivity index (χ2n) is 7.61. The number of halogens is 1. The molecular formula is C26H20ClNO6S. The lowest BCUT2D eigenvalue weighted by atomic mass is 10.1. The molecule has 0 N–H and O–H groups in total. The molecule has 3 aromatic carbocycles. The van der Waals surface area contributed by atoms with E-state index in [2.05, 4.69) is 0 Å². The maximum Gasteiger partial charge on any atom is 0.293 e. The Bertz CT molecular complexity index is 1300. The summed E-state index contributed by atoms with van der Waals surface area (Å²) in [5.74, 6) is 2.04. The average Bonchev–Trinajstić information content (AvgIpc) is 3.42. The average molecular weight is 510 g/mol. The number of carbonyl (C=O) groups excluding carboxylic acids is 2. The molecule has 7 nitrogen and oxygen atoms in total.